The van der Waals surface area contributed by atoms with Crippen molar-refractivity contribution in [3.05, 3.63) is 23.9 Å². The Hall–Kier alpha value is -1.86. The third-order valence-corrected chi connectivity index (χ3v) is 4.12. The summed E-state index contributed by atoms with van der Waals surface area (Å²) in [6.07, 6.45) is 1.95. The second-order valence-electron chi connectivity index (χ2n) is 6.89. The number of ether oxygens (including phenoxy) is 2. The lowest BCUT2D eigenvalue weighted by Crippen LogP contribution is -2.50. The Kier molecular flexibility index (Phi) is 8.64. The minimum absolute atomic E-state index is 0.187. The lowest BCUT2D eigenvalue weighted by molar-refractivity contribution is -0.0284. The smallest absolute Gasteiger partial charge is 0.213 e. The molecule has 0 aliphatic carbocycles. The summed E-state index contributed by atoms with van der Waals surface area (Å²) in [4.78, 5) is 11.0. The van der Waals surface area contributed by atoms with E-state index in [0.29, 0.717) is 24.9 Å². The van der Waals surface area contributed by atoms with Crippen molar-refractivity contribution in [3.63, 3.8) is 0 Å². The van der Waals surface area contributed by atoms with Gasteiger partial charge in [0.2, 0.25) is 5.88 Å². The highest BCUT2D eigenvalue weighted by atomic mass is 16.5. The number of nitrogens with one attached hydrogen (secondary N) is 2. The number of rotatable bonds is 8. The first-order valence-corrected chi connectivity index (χ1v) is 9.47. The molecule has 1 aliphatic rings. The van der Waals surface area contributed by atoms with E-state index in [9.17, 15) is 0 Å². The third kappa shape index (κ3) is 7.17. The van der Waals surface area contributed by atoms with Crippen LogP contribution in [0.4, 0.5) is 0 Å². The van der Waals surface area contributed by atoms with Crippen LogP contribution in [0, 0.1) is 5.92 Å². The summed E-state index contributed by atoms with van der Waals surface area (Å²) >= 11 is 0. The van der Waals surface area contributed by atoms with E-state index < -0.39 is 0 Å². The largest absolute Gasteiger partial charge is 0.478 e. The van der Waals surface area contributed by atoms with Gasteiger partial charge in [-0.2, -0.15) is 0 Å². The Balaban J connectivity index is 1.76. The maximum absolute atomic E-state index is 5.88. The molecule has 0 radical (unpaired) electrons. The standard InChI is InChI=1S/C19H33N5O2/c1-5-25-18-10-16(6-7-21-18)11-22-19(20-4)23-12-17-14-24(8-9-26-17)13-15(2)3/h6-7,10,15,17H,5,8-9,11-14H2,1-4H3,(H2,20,22,23). The fourth-order valence-corrected chi connectivity index (χ4v) is 2.99. The molecule has 0 amide bonds. The topological polar surface area (TPSA) is 71.0 Å². The number of aliphatic imine (C=N–C) groups is 1. The molecule has 7 nitrogen and oxygen atoms in total. The lowest BCUT2D eigenvalue weighted by atomic mass is 10.2. The van der Waals surface area contributed by atoms with Crippen molar-refractivity contribution in [3.8, 4) is 5.88 Å². The maximum Gasteiger partial charge on any atom is 0.213 e. The van der Waals surface area contributed by atoms with Crippen molar-refractivity contribution in [2.75, 3.05) is 46.4 Å². The Morgan fingerprint density at radius 2 is 2.31 bits per heavy atom. The molecular weight excluding hydrogens is 330 g/mol. The summed E-state index contributed by atoms with van der Waals surface area (Å²) in [5, 5.41) is 6.69. The molecule has 7 heteroatoms. The first-order valence-electron chi connectivity index (χ1n) is 9.47. The quantitative estimate of drug-likeness (QED) is 0.539. The predicted molar refractivity (Wildman–Crippen MR) is 105 cm³/mol. The van der Waals surface area contributed by atoms with E-state index in [1.807, 2.05) is 19.1 Å². The highest BCUT2D eigenvalue weighted by Gasteiger charge is 2.21. The van der Waals surface area contributed by atoms with Crippen molar-refractivity contribution in [1.29, 1.82) is 0 Å². The molecule has 0 bridgehead atoms. The molecule has 1 atom stereocenters. The molecule has 0 spiro atoms. The van der Waals surface area contributed by atoms with Crippen molar-refractivity contribution < 1.29 is 9.47 Å². The summed E-state index contributed by atoms with van der Waals surface area (Å²) in [5.41, 5.74) is 1.10. The molecule has 26 heavy (non-hydrogen) atoms. The summed E-state index contributed by atoms with van der Waals surface area (Å²) in [5.74, 6) is 2.10. The second-order valence-corrected chi connectivity index (χ2v) is 6.89. The van der Waals surface area contributed by atoms with Crippen LogP contribution in [-0.4, -0.2) is 68.4 Å². The van der Waals surface area contributed by atoms with Crippen LogP contribution >= 0.6 is 0 Å². The molecule has 1 aromatic heterocycles. The second kappa shape index (κ2) is 11.0. The lowest BCUT2D eigenvalue weighted by Gasteiger charge is -2.34. The molecule has 1 aliphatic heterocycles. The number of hydrogen-bond acceptors (Lipinski definition) is 5. The van der Waals surface area contributed by atoms with Gasteiger partial charge >= 0.3 is 0 Å². The fourth-order valence-electron chi connectivity index (χ4n) is 2.99. The average molecular weight is 364 g/mol. The van der Waals surface area contributed by atoms with Crippen molar-refractivity contribution >= 4 is 5.96 Å². The third-order valence-electron chi connectivity index (χ3n) is 4.12. The molecule has 146 valence electrons. The van der Waals surface area contributed by atoms with Gasteiger partial charge in [-0.05, 0) is 24.5 Å². The summed E-state index contributed by atoms with van der Waals surface area (Å²) in [7, 11) is 1.78. The van der Waals surface area contributed by atoms with Crippen LogP contribution in [0.5, 0.6) is 5.88 Å². The van der Waals surface area contributed by atoms with E-state index in [-0.39, 0.29) is 6.10 Å². The van der Waals surface area contributed by atoms with Crippen LogP contribution in [0.15, 0.2) is 23.3 Å². The van der Waals surface area contributed by atoms with E-state index in [4.69, 9.17) is 9.47 Å². The number of guanidine groups is 1. The predicted octanol–water partition coefficient (Wildman–Crippen LogP) is 1.50. The van der Waals surface area contributed by atoms with E-state index in [0.717, 1.165) is 44.3 Å². The molecule has 0 aromatic carbocycles. The SMILES string of the molecule is CCOc1cc(CNC(=NC)NCC2CN(CC(C)C)CCO2)ccn1. The Morgan fingerprint density at radius 3 is 3.04 bits per heavy atom. The minimum atomic E-state index is 0.187. The fraction of sp³-hybridized carbons (Fsp3) is 0.684. The van der Waals surface area contributed by atoms with Gasteiger partial charge in [0.15, 0.2) is 5.96 Å². The molecular formula is C19H33N5O2. The zero-order valence-electron chi connectivity index (χ0n) is 16.5. The first-order chi connectivity index (χ1) is 12.6. The number of hydrogen-bond donors (Lipinski definition) is 2. The summed E-state index contributed by atoms with van der Waals surface area (Å²) < 4.78 is 11.3. The van der Waals surface area contributed by atoms with Crippen molar-refractivity contribution in [1.82, 2.24) is 20.5 Å². The van der Waals surface area contributed by atoms with Gasteiger partial charge in [-0.15, -0.1) is 0 Å². The van der Waals surface area contributed by atoms with Gasteiger partial charge in [-0.3, -0.25) is 9.89 Å². The van der Waals surface area contributed by atoms with Gasteiger partial charge in [0.05, 0.1) is 19.3 Å². The van der Waals surface area contributed by atoms with Crippen molar-refractivity contribution in [2.45, 2.75) is 33.4 Å². The molecule has 2 rings (SSSR count). The van der Waals surface area contributed by atoms with Gasteiger partial charge in [-0.1, -0.05) is 13.8 Å². The Bertz CT molecular complexity index is 565. The number of morpholine rings is 1. The number of aromatic nitrogens is 1. The number of nitrogens with zero attached hydrogens (tertiary/aromatic N) is 3. The van der Waals surface area contributed by atoms with Gasteiger partial charge in [-0.25, -0.2) is 4.98 Å². The summed E-state index contributed by atoms with van der Waals surface area (Å²) in [6.45, 7) is 12.4. The van der Waals surface area contributed by atoms with E-state index in [1.165, 1.54) is 0 Å². The zero-order valence-corrected chi connectivity index (χ0v) is 16.5. The van der Waals surface area contributed by atoms with Crippen LogP contribution in [0.25, 0.3) is 0 Å². The van der Waals surface area contributed by atoms with Gasteiger partial charge in [0.1, 0.15) is 0 Å². The zero-order chi connectivity index (χ0) is 18.8. The minimum Gasteiger partial charge on any atom is -0.478 e. The summed E-state index contributed by atoms with van der Waals surface area (Å²) in [6, 6.07) is 3.91. The molecule has 1 fully saturated rings. The Morgan fingerprint density at radius 1 is 1.46 bits per heavy atom. The van der Waals surface area contributed by atoms with Crippen LogP contribution in [0.1, 0.15) is 26.3 Å². The monoisotopic (exact) mass is 363 g/mol. The van der Waals surface area contributed by atoms with Crippen LogP contribution in [0.2, 0.25) is 0 Å². The highest BCUT2D eigenvalue weighted by molar-refractivity contribution is 5.79. The molecule has 1 unspecified atom stereocenters. The molecule has 1 saturated heterocycles. The molecule has 1 aromatic rings. The molecule has 2 N–H and O–H groups in total. The highest BCUT2D eigenvalue weighted by Crippen LogP contribution is 2.09. The van der Waals surface area contributed by atoms with Gasteiger partial charge in [0.25, 0.3) is 0 Å². The molecule has 0 saturated carbocycles. The average Bonchev–Trinajstić information content (AvgIpc) is 2.62. The normalized spacial score (nSPS) is 18.8. The van der Waals surface area contributed by atoms with Crippen LogP contribution in [0.3, 0.4) is 0 Å². The van der Waals surface area contributed by atoms with E-state index >= 15 is 0 Å². The molecule has 2 heterocycles. The maximum atomic E-state index is 5.88. The Labute approximate surface area is 157 Å². The van der Waals surface area contributed by atoms with E-state index in [2.05, 4.69) is 39.4 Å². The van der Waals surface area contributed by atoms with Crippen LogP contribution < -0.4 is 15.4 Å². The van der Waals surface area contributed by atoms with Crippen molar-refractivity contribution in [2.24, 2.45) is 10.9 Å². The van der Waals surface area contributed by atoms with Crippen LogP contribution in [-0.2, 0) is 11.3 Å². The van der Waals surface area contributed by atoms with Gasteiger partial charge < -0.3 is 20.1 Å². The van der Waals surface area contributed by atoms with E-state index in [1.54, 1.807) is 13.2 Å². The number of pyridine rings is 1. The first kappa shape index (κ1) is 20.5. The van der Waals surface area contributed by atoms with Gasteiger partial charge in [0, 0.05) is 52.0 Å².